The van der Waals surface area contributed by atoms with Gasteiger partial charge < -0.3 is 19.4 Å². The number of aryl methyl sites for hydroxylation is 1. The molecule has 0 fully saturated rings. The van der Waals surface area contributed by atoms with Crippen LogP contribution in [0.25, 0.3) is 0 Å². The quantitative estimate of drug-likeness (QED) is 0.763. The van der Waals surface area contributed by atoms with Crippen LogP contribution in [0.1, 0.15) is 37.4 Å². The molecule has 0 radical (unpaired) electrons. The lowest BCUT2D eigenvalue weighted by Gasteiger charge is -2.27. The Morgan fingerprint density at radius 1 is 1.19 bits per heavy atom. The SMILES string of the molecule is CCC(C)C(NC(=O)OCc1ccccc1)C(=O)N(C)Cc1ccc(C)o1. The molecule has 2 unspecified atom stereocenters. The van der Waals surface area contributed by atoms with Crippen molar-refractivity contribution in [1.82, 2.24) is 10.2 Å². The predicted molar refractivity (Wildman–Crippen MR) is 103 cm³/mol. The van der Waals surface area contributed by atoms with Crippen LogP contribution in [0.5, 0.6) is 0 Å². The molecule has 0 aliphatic heterocycles. The van der Waals surface area contributed by atoms with Gasteiger partial charge in [-0.15, -0.1) is 0 Å². The van der Waals surface area contributed by atoms with E-state index in [0.717, 1.165) is 17.7 Å². The number of ether oxygens (including phenoxy) is 1. The number of carbonyl (C=O) groups is 2. The smallest absolute Gasteiger partial charge is 0.408 e. The first-order valence-electron chi connectivity index (χ1n) is 9.18. The summed E-state index contributed by atoms with van der Waals surface area (Å²) >= 11 is 0. The van der Waals surface area contributed by atoms with E-state index in [0.29, 0.717) is 12.3 Å². The highest BCUT2D eigenvalue weighted by Crippen LogP contribution is 2.14. The van der Waals surface area contributed by atoms with E-state index in [1.165, 1.54) is 0 Å². The Bertz CT molecular complexity index is 742. The zero-order chi connectivity index (χ0) is 19.8. The summed E-state index contributed by atoms with van der Waals surface area (Å²) in [6.45, 7) is 6.29. The molecule has 2 atom stereocenters. The van der Waals surface area contributed by atoms with Crippen LogP contribution >= 0.6 is 0 Å². The minimum Gasteiger partial charge on any atom is -0.464 e. The highest BCUT2D eigenvalue weighted by molar-refractivity contribution is 5.85. The Morgan fingerprint density at radius 3 is 2.48 bits per heavy atom. The standard InChI is InChI=1S/C21H28N2O4/c1-5-15(2)19(20(24)23(4)13-18-12-11-16(3)27-18)22-21(25)26-14-17-9-7-6-8-10-17/h6-12,15,19H,5,13-14H2,1-4H3,(H,22,25). The number of furan rings is 1. The number of hydrogen-bond acceptors (Lipinski definition) is 4. The number of nitrogens with zero attached hydrogens (tertiary/aromatic N) is 1. The number of nitrogens with one attached hydrogen (secondary N) is 1. The third kappa shape index (κ3) is 6.16. The number of likely N-dealkylation sites (N-methyl/N-ethyl adjacent to an activating group) is 1. The van der Waals surface area contributed by atoms with E-state index in [1.807, 2.05) is 63.2 Å². The van der Waals surface area contributed by atoms with Crippen LogP contribution in [-0.4, -0.2) is 30.0 Å². The second-order valence-electron chi connectivity index (χ2n) is 6.78. The molecular formula is C21H28N2O4. The van der Waals surface area contributed by atoms with Crippen LogP contribution < -0.4 is 5.32 Å². The van der Waals surface area contributed by atoms with Crippen LogP contribution in [0.2, 0.25) is 0 Å². The van der Waals surface area contributed by atoms with E-state index in [2.05, 4.69) is 5.32 Å². The summed E-state index contributed by atoms with van der Waals surface area (Å²) in [7, 11) is 1.70. The molecule has 1 heterocycles. The van der Waals surface area contributed by atoms with Crippen LogP contribution in [0.3, 0.4) is 0 Å². The third-order valence-corrected chi connectivity index (χ3v) is 4.53. The summed E-state index contributed by atoms with van der Waals surface area (Å²) in [5.74, 6) is 1.31. The maximum atomic E-state index is 12.9. The van der Waals surface area contributed by atoms with Crippen molar-refractivity contribution in [3.8, 4) is 0 Å². The molecule has 146 valence electrons. The summed E-state index contributed by atoms with van der Waals surface area (Å²) in [5, 5.41) is 2.73. The first kappa shape index (κ1) is 20.6. The van der Waals surface area contributed by atoms with E-state index >= 15 is 0 Å². The summed E-state index contributed by atoms with van der Waals surface area (Å²) in [4.78, 5) is 26.7. The molecule has 0 aliphatic carbocycles. The lowest BCUT2D eigenvalue weighted by atomic mass is 9.98. The van der Waals surface area contributed by atoms with Gasteiger partial charge in [-0.3, -0.25) is 4.79 Å². The molecule has 0 bridgehead atoms. The van der Waals surface area contributed by atoms with Crippen molar-refractivity contribution in [2.45, 2.75) is 46.4 Å². The van der Waals surface area contributed by atoms with Crippen molar-refractivity contribution in [2.24, 2.45) is 5.92 Å². The van der Waals surface area contributed by atoms with Crippen molar-refractivity contribution < 1.29 is 18.7 Å². The number of rotatable bonds is 8. The number of alkyl carbamates (subject to hydrolysis) is 1. The number of carbonyl (C=O) groups excluding carboxylic acids is 2. The van der Waals surface area contributed by atoms with E-state index in [4.69, 9.17) is 9.15 Å². The molecule has 0 spiro atoms. The molecule has 0 aliphatic rings. The topological polar surface area (TPSA) is 71.8 Å². The minimum atomic E-state index is -0.653. The van der Waals surface area contributed by atoms with Gasteiger partial charge in [0.1, 0.15) is 24.2 Å². The maximum absolute atomic E-state index is 12.9. The first-order valence-corrected chi connectivity index (χ1v) is 9.18. The third-order valence-electron chi connectivity index (χ3n) is 4.53. The van der Waals surface area contributed by atoms with E-state index in [9.17, 15) is 9.59 Å². The van der Waals surface area contributed by atoms with Crippen molar-refractivity contribution >= 4 is 12.0 Å². The fraction of sp³-hybridized carbons (Fsp3) is 0.429. The van der Waals surface area contributed by atoms with Crippen LogP contribution in [-0.2, 0) is 22.7 Å². The van der Waals surface area contributed by atoms with Gasteiger partial charge in [-0.25, -0.2) is 4.79 Å². The van der Waals surface area contributed by atoms with E-state index in [1.54, 1.807) is 11.9 Å². The molecule has 1 N–H and O–H groups in total. The minimum absolute atomic E-state index is 0.0254. The summed E-state index contributed by atoms with van der Waals surface area (Å²) in [6.07, 6.45) is 0.156. The molecule has 6 heteroatoms. The fourth-order valence-corrected chi connectivity index (χ4v) is 2.69. The molecule has 2 rings (SSSR count). The Labute approximate surface area is 160 Å². The Hall–Kier alpha value is -2.76. The van der Waals surface area contributed by atoms with Gasteiger partial charge in [0, 0.05) is 7.05 Å². The molecular weight excluding hydrogens is 344 g/mol. The zero-order valence-electron chi connectivity index (χ0n) is 16.4. The number of hydrogen-bond donors (Lipinski definition) is 1. The Kier molecular flexibility index (Phi) is 7.46. The lowest BCUT2D eigenvalue weighted by molar-refractivity contribution is -0.134. The van der Waals surface area contributed by atoms with E-state index in [-0.39, 0.29) is 18.4 Å². The first-order chi connectivity index (χ1) is 12.9. The van der Waals surface area contributed by atoms with Gasteiger partial charge in [0.2, 0.25) is 5.91 Å². The van der Waals surface area contributed by atoms with Crippen molar-refractivity contribution in [1.29, 1.82) is 0 Å². The average Bonchev–Trinajstić information content (AvgIpc) is 3.08. The molecule has 6 nitrogen and oxygen atoms in total. The van der Waals surface area contributed by atoms with Crippen LogP contribution in [0.4, 0.5) is 4.79 Å². The molecule has 0 saturated heterocycles. The Morgan fingerprint density at radius 2 is 1.89 bits per heavy atom. The normalized spacial score (nSPS) is 12.9. The van der Waals surface area contributed by atoms with Crippen molar-refractivity contribution in [2.75, 3.05) is 7.05 Å². The number of amides is 2. The van der Waals surface area contributed by atoms with Gasteiger partial charge in [-0.05, 0) is 30.5 Å². The highest BCUT2D eigenvalue weighted by atomic mass is 16.5. The maximum Gasteiger partial charge on any atom is 0.408 e. The summed E-state index contributed by atoms with van der Waals surface area (Å²) in [6, 6.07) is 12.5. The van der Waals surface area contributed by atoms with Crippen molar-refractivity contribution in [3.63, 3.8) is 0 Å². The second kappa shape index (κ2) is 9.80. The molecule has 27 heavy (non-hydrogen) atoms. The monoisotopic (exact) mass is 372 g/mol. The fourth-order valence-electron chi connectivity index (χ4n) is 2.69. The summed E-state index contributed by atoms with van der Waals surface area (Å²) < 4.78 is 10.8. The second-order valence-corrected chi connectivity index (χ2v) is 6.78. The van der Waals surface area contributed by atoms with Gasteiger partial charge in [0.05, 0.1) is 6.54 Å². The van der Waals surface area contributed by atoms with Crippen LogP contribution in [0.15, 0.2) is 46.9 Å². The van der Waals surface area contributed by atoms with Crippen LogP contribution in [0, 0.1) is 12.8 Å². The molecule has 2 aromatic rings. The van der Waals surface area contributed by atoms with Gasteiger partial charge in [0.25, 0.3) is 0 Å². The highest BCUT2D eigenvalue weighted by Gasteiger charge is 2.29. The predicted octanol–water partition coefficient (Wildman–Crippen LogP) is 3.89. The summed E-state index contributed by atoms with van der Waals surface area (Å²) in [5.41, 5.74) is 0.893. The molecule has 0 saturated carbocycles. The van der Waals surface area contributed by atoms with E-state index < -0.39 is 12.1 Å². The van der Waals surface area contributed by atoms with Crippen molar-refractivity contribution in [3.05, 3.63) is 59.5 Å². The molecule has 2 amide bonds. The van der Waals surface area contributed by atoms with Gasteiger partial charge >= 0.3 is 6.09 Å². The average molecular weight is 372 g/mol. The lowest BCUT2D eigenvalue weighted by Crippen LogP contribution is -2.50. The zero-order valence-corrected chi connectivity index (χ0v) is 16.4. The number of benzene rings is 1. The Balaban J connectivity index is 1.96. The van der Waals surface area contributed by atoms with Gasteiger partial charge in [-0.1, -0.05) is 50.6 Å². The van der Waals surface area contributed by atoms with Gasteiger partial charge in [0.15, 0.2) is 0 Å². The van der Waals surface area contributed by atoms with Gasteiger partial charge in [-0.2, -0.15) is 0 Å². The molecule has 1 aromatic heterocycles. The molecule has 1 aromatic carbocycles. The largest absolute Gasteiger partial charge is 0.464 e.